The van der Waals surface area contributed by atoms with Crippen LogP contribution in [0.25, 0.3) is 0 Å². The Morgan fingerprint density at radius 3 is 2.59 bits per heavy atom. The summed E-state index contributed by atoms with van der Waals surface area (Å²) in [6.45, 7) is 1.18. The minimum atomic E-state index is -1.46. The monoisotopic (exact) mass is 396 g/mol. The Hall–Kier alpha value is -1.81. The van der Waals surface area contributed by atoms with Crippen molar-refractivity contribution in [2.24, 2.45) is 0 Å². The number of aliphatic hydroxyl groups is 4. The van der Waals surface area contributed by atoms with Gasteiger partial charge in [0.15, 0.2) is 0 Å². The molecule has 1 saturated heterocycles. The molecule has 0 amide bonds. The predicted molar refractivity (Wildman–Crippen MR) is 96.6 cm³/mol. The predicted octanol–water partition coefficient (Wildman–Crippen LogP) is -0.163. The van der Waals surface area contributed by atoms with Gasteiger partial charge in [0.1, 0.15) is 30.5 Å². The summed E-state index contributed by atoms with van der Waals surface area (Å²) in [5.74, 6) is 0. The van der Waals surface area contributed by atoms with Crippen molar-refractivity contribution in [2.45, 2.75) is 43.9 Å². The first-order valence-corrected chi connectivity index (χ1v) is 8.83. The number of aliphatic hydroxyl groups excluding tert-OH is 4. The fourth-order valence-corrected chi connectivity index (χ4v) is 3.31. The van der Waals surface area contributed by atoms with Crippen molar-refractivity contribution >= 4 is 11.6 Å². The van der Waals surface area contributed by atoms with Crippen LogP contribution in [0.1, 0.15) is 28.5 Å². The maximum absolute atomic E-state index is 11.5. The molecule has 0 spiro atoms. The molecule has 8 nitrogen and oxygen atoms in total. The van der Waals surface area contributed by atoms with Crippen LogP contribution in [0.2, 0.25) is 5.02 Å². The number of benzene rings is 1. The molecule has 0 aliphatic carbocycles. The smallest absolute Gasteiger partial charge is 0.267 e. The van der Waals surface area contributed by atoms with E-state index < -0.39 is 37.1 Å². The SMILES string of the molecule is Cc1cc(Cc2cc([C@@H]3O[C@H](CO)[C@@H](O)[C@H](O)[C@H]3O)ccc2Cl)n[nH]c1=O. The van der Waals surface area contributed by atoms with Gasteiger partial charge in [0.2, 0.25) is 0 Å². The number of ether oxygens (including phenoxy) is 1. The van der Waals surface area contributed by atoms with Gasteiger partial charge in [0.05, 0.1) is 12.3 Å². The first kappa shape index (κ1) is 19.9. The van der Waals surface area contributed by atoms with Crippen molar-refractivity contribution in [1.29, 1.82) is 0 Å². The van der Waals surface area contributed by atoms with E-state index in [4.69, 9.17) is 16.3 Å². The molecule has 2 heterocycles. The van der Waals surface area contributed by atoms with Gasteiger partial charge in [-0.05, 0) is 30.2 Å². The first-order valence-electron chi connectivity index (χ1n) is 8.46. The third-order valence-electron chi connectivity index (χ3n) is 4.70. The summed E-state index contributed by atoms with van der Waals surface area (Å²) in [7, 11) is 0. The van der Waals surface area contributed by atoms with Crippen molar-refractivity contribution in [3.8, 4) is 0 Å². The van der Waals surface area contributed by atoms with E-state index in [0.717, 1.165) is 0 Å². The summed E-state index contributed by atoms with van der Waals surface area (Å²) in [5, 5.41) is 46.4. The zero-order chi connectivity index (χ0) is 19.7. The quantitative estimate of drug-likeness (QED) is 0.484. The average molecular weight is 397 g/mol. The summed E-state index contributed by atoms with van der Waals surface area (Å²) in [5.41, 5.74) is 2.10. The van der Waals surface area contributed by atoms with E-state index in [1.807, 2.05) is 0 Å². The van der Waals surface area contributed by atoms with Crippen LogP contribution < -0.4 is 5.56 Å². The minimum Gasteiger partial charge on any atom is -0.394 e. The maximum Gasteiger partial charge on any atom is 0.267 e. The molecule has 146 valence electrons. The van der Waals surface area contributed by atoms with E-state index in [9.17, 15) is 25.2 Å². The van der Waals surface area contributed by atoms with Gasteiger partial charge in [-0.25, -0.2) is 5.10 Å². The Labute approximate surface area is 160 Å². The summed E-state index contributed by atoms with van der Waals surface area (Å²) in [6.07, 6.45) is -5.84. The van der Waals surface area contributed by atoms with Crippen molar-refractivity contribution in [3.05, 3.63) is 62.0 Å². The van der Waals surface area contributed by atoms with E-state index >= 15 is 0 Å². The van der Waals surface area contributed by atoms with Crippen LogP contribution in [0.15, 0.2) is 29.1 Å². The number of nitrogens with zero attached hydrogens (tertiary/aromatic N) is 1. The molecule has 1 aliphatic heterocycles. The van der Waals surface area contributed by atoms with E-state index in [2.05, 4.69) is 10.2 Å². The number of halogens is 1. The molecule has 9 heteroatoms. The molecule has 1 aliphatic rings. The van der Waals surface area contributed by atoms with E-state index in [-0.39, 0.29) is 5.56 Å². The second kappa shape index (κ2) is 8.05. The van der Waals surface area contributed by atoms with Crippen LogP contribution in [0.4, 0.5) is 0 Å². The molecule has 5 atom stereocenters. The Balaban J connectivity index is 1.90. The van der Waals surface area contributed by atoms with Crippen molar-refractivity contribution in [2.75, 3.05) is 6.61 Å². The highest BCUT2D eigenvalue weighted by Crippen LogP contribution is 2.34. The summed E-state index contributed by atoms with van der Waals surface area (Å²) < 4.78 is 5.58. The largest absolute Gasteiger partial charge is 0.394 e. The van der Waals surface area contributed by atoms with Gasteiger partial charge in [0.25, 0.3) is 5.56 Å². The van der Waals surface area contributed by atoms with Crippen LogP contribution in [0.3, 0.4) is 0 Å². The van der Waals surface area contributed by atoms with Gasteiger partial charge < -0.3 is 25.2 Å². The molecule has 1 aromatic heterocycles. The molecular formula is C18H21ClN2O6. The summed E-state index contributed by atoms with van der Waals surface area (Å²) >= 11 is 6.27. The maximum atomic E-state index is 11.5. The highest BCUT2D eigenvalue weighted by molar-refractivity contribution is 6.31. The van der Waals surface area contributed by atoms with E-state index in [1.54, 1.807) is 31.2 Å². The number of aromatic nitrogens is 2. The van der Waals surface area contributed by atoms with E-state index in [1.165, 1.54) is 0 Å². The molecule has 0 bridgehead atoms. The standard InChI is InChI=1S/C18H21ClN2O6/c1-8-4-11(20-21-18(8)26)6-10-5-9(2-3-12(10)19)17-16(25)15(24)14(23)13(7-22)27-17/h2-5,13-17,22-25H,6-7H2,1H3,(H,21,26)/t13-,14-,15+,16-,17+/m1/s1. The number of hydrogen-bond donors (Lipinski definition) is 5. The number of H-pyrrole nitrogens is 1. The van der Waals surface area contributed by atoms with Gasteiger partial charge >= 0.3 is 0 Å². The van der Waals surface area contributed by atoms with Crippen molar-refractivity contribution in [1.82, 2.24) is 10.2 Å². The Bertz CT molecular complexity index is 871. The van der Waals surface area contributed by atoms with Crippen molar-refractivity contribution in [3.63, 3.8) is 0 Å². The number of aromatic amines is 1. The zero-order valence-electron chi connectivity index (χ0n) is 14.5. The lowest BCUT2D eigenvalue weighted by molar-refractivity contribution is -0.231. The molecule has 5 N–H and O–H groups in total. The molecule has 0 unspecified atom stereocenters. The zero-order valence-corrected chi connectivity index (χ0v) is 15.3. The lowest BCUT2D eigenvalue weighted by Gasteiger charge is -2.40. The number of nitrogens with one attached hydrogen (secondary N) is 1. The highest BCUT2D eigenvalue weighted by atomic mass is 35.5. The number of aryl methyl sites for hydroxylation is 1. The van der Waals surface area contributed by atoms with Crippen molar-refractivity contribution < 1.29 is 25.2 Å². The average Bonchev–Trinajstić information content (AvgIpc) is 2.65. The minimum absolute atomic E-state index is 0.264. The Kier molecular flexibility index (Phi) is 5.95. The second-order valence-corrected chi connectivity index (χ2v) is 7.06. The van der Waals surface area contributed by atoms with Gasteiger partial charge in [-0.15, -0.1) is 0 Å². The topological polar surface area (TPSA) is 136 Å². The fourth-order valence-electron chi connectivity index (χ4n) is 3.13. The molecule has 0 saturated carbocycles. The molecule has 3 rings (SSSR count). The normalized spacial score (nSPS) is 28.3. The summed E-state index contributed by atoms with van der Waals surface area (Å²) in [4.78, 5) is 11.5. The molecule has 1 fully saturated rings. The lowest BCUT2D eigenvalue weighted by atomic mass is 9.90. The molecule has 1 aromatic carbocycles. The Morgan fingerprint density at radius 2 is 1.93 bits per heavy atom. The highest BCUT2D eigenvalue weighted by Gasteiger charge is 2.44. The van der Waals surface area contributed by atoms with Gasteiger partial charge in [-0.1, -0.05) is 23.7 Å². The van der Waals surface area contributed by atoms with Crippen LogP contribution >= 0.6 is 11.6 Å². The third-order valence-corrected chi connectivity index (χ3v) is 5.07. The number of rotatable bonds is 4. The molecule has 0 radical (unpaired) electrons. The lowest BCUT2D eigenvalue weighted by Crippen LogP contribution is -2.55. The summed E-state index contributed by atoms with van der Waals surface area (Å²) in [6, 6.07) is 6.64. The van der Waals surface area contributed by atoms with Gasteiger partial charge in [0, 0.05) is 17.0 Å². The molecule has 27 heavy (non-hydrogen) atoms. The first-order chi connectivity index (χ1) is 12.8. The van der Waals surface area contributed by atoms with Crippen LogP contribution in [-0.4, -0.2) is 61.6 Å². The van der Waals surface area contributed by atoms with E-state index in [0.29, 0.717) is 33.8 Å². The van der Waals surface area contributed by atoms with Gasteiger partial charge in [-0.3, -0.25) is 4.79 Å². The van der Waals surface area contributed by atoms with Crippen LogP contribution in [-0.2, 0) is 11.2 Å². The Morgan fingerprint density at radius 1 is 1.19 bits per heavy atom. The van der Waals surface area contributed by atoms with Crippen LogP contribution in [0.5, 0.6) is 0 Å². The second-order valence-electron chi connectivity index (χ2n) is 6.65. The molecular weight excluding hydrogens is 376 g/mol. The number of hydrogen-bond acceptors (Lipinski definition) is 7. The van der Waals surface area contributed by atoms with Crippen LogP contribution in [0, 0.1) is 6.92 Å². The fraction of sp³-hybridized carbons (Fsp3) is 0.444. The van der Waals surface area contributed by atoms with Gasteiger partial charge in [-0.2, -0.15) is 5.10 Å². The molecule has 2 aromatic rings. The third kappa shape index (κ3) is 4.06.